The quantitative estimate of drug-likeness (QED) is 0.555. The Morgan fingerprint density at radius 2 is 1.73 bits per heavy atom. The van der Waals surface area contributed by atoms with E-state index in [1.807, 2.05) is 36.4 Å². The molecule has 3 saturated carbocycles. The van der Waals surface area contributed by atoms with Gasteiger partial charge in [0.15, 0.2) is 5.78 Å². The molecular weight excluding hydrogens is 372 g/mol. The molecule has 30 heavy (non-hydrogen) atoms. The third-order valence-corrected chi connectivity index (χ3v) is 9.61. The number of hydrogen-bond donors (Lipinski definition) is 0. The molecule has 4 aliphatic carbocycles. The van der Waals surface area contributed by atoms with Crippen LogP contribution < -0.4 is 0 Å². The highest BCUT2D eigenvalue weighted by molar-refractivity contribution is 5.97. The minimum Gasteiger partial charge on any atom is -0.454 e. The third-order valence-electron chi connectivity index (χ3n) is 9.61. The molecule has 0 radical (unpaired) electrons. The number of allylic oxidation sites excluding steroid dienone is 1. The molecule has 1 aromatic carbocycles. The lowest BCUT2D eigenvalue weighted by Gasteiger charge is -2.65. The Morgan fingerprint density at radius 3 is 2.47 bits per heavy atom. The third kappa shape index (κ3) is 2.56. The second-order valence-electron chi connectivity index (χ2n) is 11.6. The highest BCUT2D eigenvalue weighted by Gasteiger charge is 2.69. The van der Waals surface area contributed by atoms with Crippen molar-refractivity contribution >= 4 is 11.8 Å². The average Bonchev–Trinajstić information content (AvgIpc) is 3.02. The number of ketones is 1. The number of carbonyl (C=O) groups excluding carboxylic acids is 2. The van der Waals surface area contributed by atoms with Gasteiger partial charge < -0.3 is 4.74 Å². The van der Waals surface area contributed by atoms with Crippen LogP contribution in [0.1, 0.15) is 83.0 Å². The van der Waals surface area contributed by atoms with E-state index in [1.54, 1.807) is 0 Å². The van der Waals surface area contributed by atoms with Gasteiger partial charge in [-0.2, -0.15) is 0 Å². The van der Waals surface area contributed by atoms with Gasteiger partial charge in [0.1, 0.15) is 6.10 Å². The molecule has 1 aromatic rings. The van der Waals surface area contributed by atoms with Gasteiger partial charge in [0, 0.05) is 10.8 Å². The molecule has 5 atom stereocenters. The molecular formula is C27H34O3. The lowest BCUT2D eigenvalue weighted by atomic mass is 9.40. The number of fused-ring (bicyclic) bond motifs is 2. The molecule has 3 nitrogen and oxygen atoms in total. The fourth-order valence-corrected chi connectivity index (χ4v) is 7.96. The van der Waals surface area contributed by atoms with Crippen molar-refractivity contribution in [2.45, 2.75) is 78.7 Å². The summed E-state index contributed by atoms with van der Waals surface area (Å²) in [6.45, 7) is 9.45. The standard InChI is InChI=1S/C27H34O3/c1-24(2)11-8-12-26(4)21(24)16-20(30-23(29)18-9-6-5-7-10-18)19-15-22(28)25(3)13-14-27(19,26)17-25/h5-7,9-10,15,20-21H,8,11-14,16-17H2,1-4H3/t20-,21+,25-,26+,27+/m1/s1. The lowest BCUT2D eigenvalue weighted by molar-refractivity contribution is -0.141. The Hall–Kier alpha value is -1.90. The molecule has 0 saturated heterocycles. The van der Waals surface area contributed by atoms with E-state index in [9.17, 15) is 9.59 Å². The molecule has 0 aliphatic heterocycles. The van der Waals surface area contributed by atoms with Crippen LogP contribution in [0.2, 0.25) is 0 Å². The second kappa shape index (κ2) is 6.31. The largest absolute Gasteiger partial charge is 0.454 e. The highest BCUT2D eigenvalue weighted by atomic mass is 16.5. The Labute approximate surface area is 180 Å². The average molecular weight is 407 g/mol. The fraction of sp³-hybridized carbons (Fsp3) is 0.630. The molecule has 1 spiro atoms. The number of benzene rings is 1. The number of rotatable bonds is 2. The molecule has 0 N–H and O–H groups in total. The van der Waals surface area contributed by atoms with E-state index in [4.69, 9.17) is 4.74 Å². The Bertz CT molecular complexity index is 929. The Kier molecular flexibility index (Phi) is 4.21. The van der Waals surface area contributed by atoms with Gasteiger partial charge in [0.05, 0.1) is 5.56 Å². The normalized spacial score (nSPS) is 41.5. The summed E-state index contributed by atoms with van der Waals surface area (Å²) in [5.41, 5.74) is 1.83. The van der Waals surface area contributed by atoms with Gasteiger partial charge in [-0.05, 0) is 79.1 Å². The maximum absolute atomic E-state index is 13.1. The van der Waals surface area contributed by atoms with Crippen LogP contribution in [0.3, 0.4) is 0 Å². The Balaban J connectivity index is 1.60. The van der Waals surface area contributed by atoms with Crippen LogP contribution in [-0.2, 0) is 9.53 Å². The van der Waals surface area contributed by atoms with Gasteiger partial charge in [0.25, 0.3) is 0 Å². The van der Waals surface area contributed by atoms with Crippen molar-refractivity contribution in [1.82, 2.24) is 0 Å². The van der Waals surface area contributed by atoms with Crippen LogP contribution in [0, 0.1) is 27.6 Å². The van der Waals surface area contributed by atoms with Crippen LogP contribution in [-0.4, -0.2) is 17.9 Å². The molecule has 5 rings (SSSR count). The van der Waals surface area contributed by atoms with Gasteiger partial charge >= 0.3 is 5.97 Å². The van der Waals surface area contributed by atoms with E-state index in [1.165, 1.54) is 19.3 Å². The van der Waals surface area contributed by atoms with Gasteiger partial charge in [-0.15, -0.1) is 0 Å². The lowest BCUT2D eigenvalue weighted by Crippen LogP contribution is -2.60. The summed E-state index contributed by atoms with van der Waals surface area (Å²) >= 11 is 0. The van der Waals surface area contributed by atoms with Crippen LogP contribution in [0.25, 0.3) is 0 Å². The van der Waals surface area contributed by atoms with E-state index < -0.39 is 0 Å². The molecule has 160 valence electrons. The molecule has 3 heteroatoms. The summed E-state index contributed by atoms with van der Waals surface area (Å²) < 4.78 is 6.20. The smallest absolute Gasteiger partial charge is 0.338 e. The van der Waals surface area contributed by atoms with Crippen molar-refractivity contribution in [3.05, 3.63) is 47.5 Å². The van der Waals surface area contributed by atoms with Crippen LogP contribution in [0.4, 0.5) is 0 Å². The van der Waals surface area contributed by atoms with Crippen molar-refractivity contribution < 1.29 is 14.3 Å². The van der Waals surface area contributed by atoms with E-state index in [-0.39, 0.29) is 39.5 Å². The fourth-order valence-electron chi connectivity index (χ4n) is 7.96. The molecule has 3 fully saturated rings. The number of hydrogen-bond acceptors (Lipinski definition) is 3. The van der Waals surface area contributed by atoms with Crippen molar-refractivity contribution in [1.29, 1.82) is 0 Å². The SMILES string of the molecule is CC1(C)CCC[C@@]2(C)[C@H]1C[C@@H](OC(=O)c1ccccc1)C1=CC(=O)[C@]3(C)CC[C@]12C3. The maximum Gasteiger partial charge on any atom is 0.338 e. The predicted molar refractivity (Wildman–Crippen MR) is 117 cm³/mol. The van der Waals surface area contributed by atoms with Crippen molar-refractivity contribution in [3.8, 4) is 0 Å². The van der Waals surface area contributed by atoms with Gasteiger partial charge in [-0.3, -0.25) is 4.79 Å². The van der Waals surface area contributed by atoms with E-state index in [0.717, 1.165) is 31.3 Å². The van der Waals surface area contributed by atoms with Crippen LogP contribution in [0.15, 0.2) is 42.0 Å². The number of carbonyl (C=O) groups is 2. The van der Waals surface area contributed by atoms with Crippen LogP contribution in [0.5, 0.6) is 0 Å². The maximum atomic E-state index is 13.1. The van der Waals surface area contributed by atoms with E-state index >= 15 is 0 Å². The topological polar surface area (TPSA) is 43.4 Å². The van der Waals surface area contributed by atoms with Gasteiger partial charge in [-0.1, -0.05) is 52.3 Å². The first-order chi connectivity index (χ1) is 14.1. The summed E-state index contributed by atoms with van der Waals surface area (Å²) in [5, 5.41) is 0. The van der Waals surface area contributed by atoms with E-state index in [2.05, 4.69) is 27.7 Å². The molecule has 0 unspecified atom stereocenters. The monoisotopic (exact) mass is 406 g/mol. The van der Waals surface area contributed by atoms with Crippen molar-refractivity contribution in [2.75, 3.05) is 0 Å². The van der Waals surface area contributed by atoms with Crippen LogP contribution >= 0.6 is 0 Å². The first-order valence-corrected chi connectivity index (χ1v) is 11.6. The molecule has 4 aliphatic rings. The Morgan fingerprint density at radius 1 is 1.00 bits per heavy atom. The van der Waals surface area contributed by atoms with Crippen molar-refractivity contribution in [3.63, 3.8) is 0 Å². The predicted octanol–water partition coefficient (Wildman–Crippen LogP) is 6.13. The summed E-state index contributed by atoms with van der Waals surface area (Å²) in [6.07, 6.45) is 9.04. The minimum atomic E-state index is -0.292. The molecule has 0 heterocycles. The summed E-state index contributed by atoms with van der Waals surface area (Å²) in [7, 11) is 0. The zero-order valence-corrected chi connectivity index (χ0v) is 18.8. The number of esters is 1. The minimum absolute atomic E-state index is 0.0160. The highest BCUT2D eigenvalue weighted by Crippen LogP contribution is 2.74. The number of ether oxygens (including phenoxy) is 1. The van der Waals surface area contributed by atoms with Crippen molar-refractivity contribution in [2.24, 2.45) is 27.6 Å². The van der Waals surface area contributed by atoms with Gasteiger partial charge in [0.2, 0.25) is 0 Å². The molecule has 2 bridgehead atoms. The summed E-state index contributed by atoms with van der Waals surface area (Å²) in [6, 6.07) is 9.26. The van der Waals surface area contributed by atoms with E-state index in [0.29, 0.717) is 11.5 Å². The van der Waals surface area contributed by atoms with Gasteiger partial charge in [-0.25, -0.2) is 4.79 Å². The zero-order chi connectivity index (χ0) is 21.4. The first-order valence-electron chi connectivity index (χ1n) is 11.6. The molecule has 0 amide bonds. The molecule has 0 aromatic heterocycles. The summed E-state index contributed by atoms with van der Waals surface area (Å²) in [5.74, 6) is 0.455. The first kappa shape index (κ1) is 20.0. The summed E-state index contributed by atoms with van der Waals surface area (Å²) in [4.78, 5) is 26.1. The zero-order valence-electron chi connectivity index (χ0n) is 18.8. The second-order valence-corrected chi connectivity index (χ2v) is 11.6.